The number of carbonyl (C=O) groups excluding carboxylic acids is 1. The first-order chi connectivity index (χ1) is 7.13. The number of benzene rings is 1. The predicted molar refractivity (Wildman–Crippen MR) is 62.0 cm³/mol. The average Bonchev–Trinajstić information content (AvgIpc) is 2.27. The summed E-state index contributed by atoms with van der Waals surface area (Å²) in [6.45, 7) is 0. The summed E-state index contributed by atoms with van der Waals surface area (Å²) in [6, 6.07) is 3.26. The number of ether oxygens (including phenoxy) is 2. The van der Waals surface area contributed by atoms with E-state index in [1.807, 2.05) is 0 Å². The number of rotatable bonds is 3. The van der Waals surface area contributed by atoms with Crippen molar-refractivity contribution in [1.29, 1.82) is 0 Å². The van der Waals surface area contributed by atoms with Crippen LogP contribution in [0.5, 0.6) is 5.75 Å². The van der Waals surface area contributed by atoms with Crippen LogP contribution in [-0.4, -0.2) is 20.2 Å². The van der Waals surface area contributed by atoms with Gasteiger partial charge in [-0.15, -0.1) is 0 Å². The average molecular weight is 294 g/mol. The minimum Gasteiger partial charge on any atom is -0.496 e. The van der Waals surface area contributed by atoms with E-state index < -0.39 is 5.97 Å². The van der Waals surface area contributed by atoms with E-state index >= 15 is 0 Å². The van der Waals surface area contributed by atoms with Crippen LogP contribution in [0.1, 0.15) is 15.9 Å². The third-order valence-corrected chi connectivity index (χ3v) is 2.84. The molecular weight excluding hydrogens is 283 g/mol. The molecule has 0 aliphatic carbocycles. The van der Waals surface area contributed by atoms with Gasteiger partial charge in [-0.05, 0) is 12.1 Å². The summed E-state index contributed by atoms with van der Waals surface area (Å²) in [4.78, 5) is 11.3. The Morgan fingerprint density at radius 3 is 2.60 bits per heavy atom. The molecule has 0 atom stereocenters. The number of carbonyl (C=O) groups is 1. The molecule has 5 heteroatoms. The Kier molecular flexibility index (Phi) is 4.42. The van der Waals surface area contributed by atoms with E-state index in [0.717, 1.165) is 5.56 Å². The van der Waals surface area contributed by atoms with E-state index in [0.29, 0.717) is 21.7 Å². The Labute approximate surface area is 101 Å². The van der Waals surface area contributed by atoms with Crippen molar-refractivity contribution in [3.63, 3.8) is 0 Å². The molecule has 1 aromatic rings. The molecule has 0 saturated heterocycles. The van der Waals surface area contributed by atoms with Crippen LogP contribution in [0.4, 0.5) is 0 Å². The fourth-order valence-corrected chi connectivity index (χ4v) is 1.83. The van der Waals surface area contributed by atoms with Crippen molar-refractivity contribution in [2.24, 2.45) is 0 Å². The molecule has 0 heterocycles. The highest BCUT2D eigenvalue weighted by atomic mass is 79.9. The zero-order chi connectivity index (χ0) is 11.4. The van der Waals surface area contributed by atoms with Gasteiger partial charge in [0.25, 0.3) is 0 Å². The molecule has 0 amide bonds. The molecule has 0 fully saturated rings. The van der Waals surface area contributed by atoms with E-state index in [9.17, 15) is 4.79 Å². The Morgan fingerprint density at radius 2 is 2.13 bits per heavy atom. The molecule has 0 spiro atoms. The first-order valence-corrected chi connectivity index (χ1v) is 5.64. The normalized spacial score (nSPS) is 9.87. The number of hydrogen-bond acceptors (Lipinski definition) is 3. The van der Waals surface area contributed by atoms with Crippen LogP contribution in [0.2, 0.25) is 5.02 Å². The summed E-state index contributed by atoms with van der Waals surface area (Å²) in [7, 11) is 2.87. The summed E-state index contributed by atoms with van der Waals surface area (Å²) >= 11 is 9.22. The Balaban J connectivity index is 3.25. The van der Waals surface area contributed by atoms with Gasteiger partial charge in [-0.3, -0.25) is 0 Å². The van der Waals surface area contributed by atoms with Crippen molar-refractivity contribution in [1.82, 2.24) is 0 Å². The van der Waals surface area contributed by atoms with Gasteiger partial charge in [0.15, 0.2) is 0 Å². The first-order valence-electron chi connectivity index (χ1n) is 4.14. The van der Waals surface area contributed by atoms with Crippen LogP contribution in [0.25, 0.3) is 0 Å². The maximum Gasteiger partial charge on any atom is 0.339 e. The van der Waals surface area contributed by atoms with Gasteiger partial charge < -0.3 is 9.47 Å². The lowest BCUT2D eigenvalue weighted by Crippen LogP contribution is -2.03. The van der Waals surface area contributed by atoms with Crippen LogP contribution >= 0.6 is 27.5 Å². The van der Waals surface area contributed by atoms with Crippen LogP contribution in [0.15, 0.2) is 12.1 Å². The number of halogens is 2. The summed E-state index contributed by atoms with van der Waals surface area (Å²) in [5.41, 5.74) is 1.19. The maximum absolute atomic E-state index is 11.3. The molecule has 0 aromatic heterocycles. The van der Waals surface area contributed by atoms with Gasteiger partial charge in [-0.25, -0.2) is 4.79 Å². The topological polar surface area (TPSA) is 35.5 Å². The number of hydrogen-bond donors (Lipinski definition) is 0. The lowest BCUT2D eigenvalue weighted by atomic mass is 10.1. The van der Waals surface area contributed by atoms with E-state index in [1.54, 1.807) is 19.2 Å². The maximum atomic E-state index is 11.3. The van der Waals surface area contributed by atoms with E-state index in [2.05, 4.69) is 20.7 Å². The quantitative estimate of drug-likeness (QED) is 0.635. The molecular formula is C10H10BrClO3. The number of esters is 1. The second kappa shape index (κ2) is 5.37. The number of methoxy groups -OCH3 is 2. The predicted octanol–water partition coefficient (Wildman–Crippen LogP) is 3.03. The fraction of sp³-hybridized carbons (Fsp3) is 0.300. The molecule has 0 bridgehead atoms. The molecule has 0 N–H and O–H groups in total. The summed E-state index contributed by atoms with van der Waals surface area (Å²) in [5.74, 6) is 0.189. The minimum absolute atomic E-state index is 0.323. The van der Waals surface area contributed by atoms with Gasteiger partial charge in [0.2, 0.25) is 0 Å². The van der Waals surface area contributed by atoms with Gasteiger partial charge in [0.1, 0.15) is 5.75 Å². The summed E-state index contributed by atoms with van der Waals surface area (Å²) in [5, 5.41) is 0.903. The lowest BCUT2D eigenvalue weighted by molar-refractivity contribution is 0.0601. The van der Waals surface area contributed by atoms with Gasteiger partial charge in [-0.1, -0.05) is 27.5 Å². The second-order valence-corrected chi connectivity index (χ2v) is 3.74. The number of alkyl halides is 1. The SMILES string of the molecule is COC(=O)c1cc(CBr)c(OC)cc1Cl. The van der Waals surface area contributed by atoms with Crippen LogP contribution < -0.4 is 4.74 Å². The van der Waals surface area contributed by atoms with Crippen molar-refractivity contribution in [2.45, 2.75) is 5.33 Å². The monoisotopic (exact) mass is 292 g/mol. The van der Waals surface area contributed by atoms with Crippen molar-refractivity contribution in [3.05, 3.63) is 28.3 Å². The van der Waals surface area contributed by atoms with Crippen molar-refractivity contribution >= 4 is 33.5 Å². The van der Waals surface area contributed by atoms with Crippen LogP contribution in [0, 0.1) is 0 Å². The smallest absolute Gasteiger partial charge is 0.339 e. The Bertz CT molecular complexity index is 379. The largest absolute Gasteiger partial charge is 0.496 e. The third kappa shape index (κ3) is 2.63. The van der Waals surface area contributed by atoms with Crippen molar-refractivity contribution in [3.8, 4) is 5.75 Å². The molecule has 15 heavy (non-hydrogen) atoms. The highest BCUT2D eigenvalue weighted by Crippen LogP contribution is 2.29. The van der Waals surface area contributed by atoms with E-state index in [1.165, 1.54) is 7.11 Å². The fourth-order valence-electron chi connectivity index (χ4n) is 1.16. The van der Waals surface area contributed by atoms with Crippen LogP contribution in [-0.2, 0) is 10.1 Å². The minimum atomic E-state index is -0.454. The van der Waals surface area contributed by atoms with Gasteiger partial charge >= 0.3 is 5.97 Å². The molecule has 0 aliphatic heterocycles. The molecule has 0 radical (unpaired) electrons. The molecule has 0 unspecified atom stereocenters. The summed E-state index contributed by atoms with van der Waals surface area (Å²) < 4.78 is 9.73. The first kappa shape index (κ1) is 12.3. The molecule has 3 nitrogen and oxygen atoms in total. The zero-order valence-electron chi connectivity index (χ0n) is 8.34. The molecule has 0 aliphatic rings. The highest BCUT2D eigenvalue weighted by molar-refractivity contribution is 9.08. The Hall–Kier alpha value is -0.740. The van der Waals surface area contributed by atoms with Gasteiger partial charge in [0, 0.05) is 10.9 Å². The molecule has 82 valence electrons. The van der Waals surface area contributed by atoms with Crippen LogP contribution in [0.3, 0.4) is 0 Å². The van der Waals surface area contributed by atoms with Crippen molar-refractivity contribution in [2.75, 3.05) is 14.2 Å². The molecule has 1 aromatic carbocycles. The second-order valence-electron chi connectivity index (χ2n) is 2.77. The van der Waals surface area contributed by atoms with Gasteiger partial charge in [0.05, 0.1) is 24.8 Å². The zero-order valence-corrected chi connectivity index (χ0v) is 10.7. The lowest BCUT2D eigenvalue weighted by Gasteiger charge is -2.09. The van der Waals surface area contributed by atoms with E-state index in [4.69, 9.17) is 16.3 Å². The van der Waals surface area contributed by atoms with E-state index in [-0.39, 0.29) is 0 Å². The summed E-state index contributed by atoms with van der Waals surface area (Å²) in [6.07, 6.45) is 0. The third-order valence-electron chi connectivity index (χ3n) is 1.92. The Morgan fingerprint density at radius 1 is 1.47 bits per heavy atom. The molecule has 0 saturated carbocycles. The van der Waals surface area contributed by atoms with Crippen molar-refractivity contribution < 1.29 is 14.3 Å². The highest BCUT2D eigenvalue weighted by Gasteiger charge is 2.14. The van der Waals surface area contributed by atoms with Gasteiger partial charge in [-0.2, -0.15) is 0 Å². The molecule has 1 rings (SSSR count). The standard InChI is InChI=1S/C10H10BrClO3/c1-14-9-4-8(12)7(10(13)15-2)3-6(9)5-11/h3-4H,5H2,1-2H3.